The lowest BCUT2D eigenvalue weighted by atomic mass is 10.1. The lowest BCUT2D eigenvalue weighted by molar-refractivity contribution is 0.580. The van der Waals surface area contributed by atoms with Crippen LogP contribution in [0.3, 0.4) is 0 Å². The van der Waals surface area contributed by atoms with Gasteiger partial charge in [0.2, 0.25) is 10.0 Å². The Morgan fingerprint density at radius 3 is 2.30 bits per heavy atom. The Morgan fingerprint density at radius 1 is 1.20 bits per heavy atom. The topological polar surface area (TPSA) is 74.8 Å². The van der Waals surface area contributed by atoms with E-state index in [2.05, 4.69) is 14.9 Å². The highest BCUT2D eigenvalue weighted by Gasteiger charge is 2.21. The zero-order chi connectivity index (χ0) is 14.8. The molecule has 7 heteroatoms. The van der Waals surface area contributed by atoms with Gasteiger partial charge in [-0.15, -0.1) is 11.6 Å². The van der Waals surface area contributed by atoms with Crippen molar-refractivity contribution in [2.45, 2.75) is 31.2 Å². The molecule has 108 valence electrons. The van der Waals surface area contributed by atoms with Crippen LogP contribution >= 0.6 is 11.6 Å². The molecule has 5 nitrogen and oxygen atoms in total. The fourth-order valence-electron chi connectivity index (χ4n) is 1.93. The van der Waals surface area contributed by atoms with Gasteiger partial charge in [0.1, 0.15) is 4.90 Å². The summed E-state index contributed by atoms with van der Waals surface area (Å²) < 4.78 is 27.1. The number of benzene rings is 1. The maximum atomic E-state index is 12.2. The second-order valence-corrected chi connectivity index (χ2v) is 6.51. The van der Waals surface area contributed by atoms with Crippen molar-refractivity contribution in [3.63, 3.8) is 0 Å². The van der Waals surface area contributed by atoms with Gasteiger partial charge < -0.3 is 0 Å². The molecule has 20 heavy (non-hydrogen) atoms. The average Bonchev–Trinajstić information content (AvgIpc) is 2.77. The minimum atomic E-state index is -3.56. The number of halogens is 1. The molecule has 0 amide bonds. The van der Waals surface area contributed by atoms with Crippen molar-refractivity contribution in [1.29, 1.82) is 0 Å². The molecule has 0 aliphatic rings. The first kappa shape index (κ1) is 15.0. The summed E-state index contributed by atoms with van der Waals surface area (Å²) in [6.45, 7) is 3.58. The second kappa shape index (κ2) is 5.95. The van der Waals surface area contributed by atoms with E-state index in [4.69, 9.17) is 11.6 Å². The van der Waals surface area contributed by atoms with Crippen LogP contribution in [0, 0.1) is 13.8 Å². The maximum absolute atomic E-state index is 12.2. The number of nitrogens with one attached hydrogen (secondary N) is 2. The molecule has 1 aromatic heterocycles. The minimum Gasteiger partial charge on any atom is -0.281 e. The highest BCUT2D eigenvalue weighted by Crippen LogP contribution is 2.16. The number of aryl methyl sites for hydroxylation is 2. The molecule has 2 aromatic rings. The number of sulfonamides is 1. The fraction of sp³-hybridized carbons (Fsp3) is 0.308. The van der Waals surface area contributed by atoms with E-state index in [-0.39, 0.29) is 11.4 Å². The van der Waals surface area contributed by atoms with E-state index in [0.29, 0.717) is 17.3 Å². The number of rotatable bonds is 5. The second-order valence-electron chi connectivity index (χ2n) is 4.54. The standard InChI is InChI=1S/C13H16ClN3O2S/c1-9-13(10(2)17-16-9)20(18,19)15-8-12-5-3-11(7-14)4-6-12/h3-6,15H,7-8H2,1-2H3,(H,16,17). The van der Waals surface area contributed by atoms with Gasteiger partial charge >= 0.3 is 0 Å². The van der Waals surface area contributed by atoms with Crippen LogP contribution in [0.15, 0.2) is 29.2 Å². The SMILES string of the molecule is Cc1n[nH]c(C)c1S(=O)(=O)NCc1ccc(CCl)cc1. The predicted octanol–water partition coefficient (Wildman–Crippen LogP) is 2.24. The summed E-state index contributed by atoms with van der Waals surface area (Å²) in [6, 6.07) is 7.47. The third kappa shape index (κ3) is 3.20. The van der Waals surface area contributed by atoms with Crippen LogP contribution in [0.1, 0.15) is 22.5 Å². The molecule has 0 bridgehead atoms. The van der Waals surface area contributed by atoms with Gasteiger partial charge in [0.05, 0.1) is 11.4 Å². The summed E-state index contributed by atoms with van der Waals surface area (Å²) in [5, 5.41) is 6.57. The Morgan fingerprint density at radius 2 is 1.80 bits per heavy atom. The van der Waals surface area contributed by atoms with Crippen molar-refractivity contribution in [3.05, 3.63) is 46.8 Å². The van der Waals surface area contributed by atoms with Crippen molar-refractivity contribution >= 4 is 21.6 Å². The smallest absolute Gasteiger partial charge is 0.244 e. The van der Waals surface area contributed by atoms with Crippen LogP contribution in [0.5, 0.6) is 0 Å². The third-order valence-electron chi connectivity index (χ3n) is 2.97. The molecule has 1 aromatic carbocycles. The molecule has 0 unspecified atom stereocenters. The van der Waals surface area contributed by atoms with Gasteiger partial charge in [0.15, 0.2) is 0 Å². The summed E-state index contributed by atoms with van der Waals surface area (Å²) in [7, 11) is -3.56. The van der Waals surface area contributed by atoms with Crippen molar-refractivity contribution in [2.75, 3.05) is 0 Å². The monoisotopic (exact) mass is 313 g/mol. The Kier molecular flexibility index (Phi) is 4.47. The highest BCUT2D eigenvalue weighted by atomic mass is 35.5. The van der Waals surface area contributed by atoms with Crippen molar-refractivity contribution < 1.29 is 8.42 Å². The fourth-order valence-corrected chi connectivity index (χ4v) is 3.50. The molecular weight excluding hydrogens is 298 g/mol. The summed E-state index contributed by atoms with van der Waals surface area (Å²) in [4.78, 5) is 0.217. The molecule has 0 spiro atoms. The first-order valence-electron chi connectivity index (χ1n) is 6.09. The quantitative estimate of drug-likeness (QED) is 0.831. The molecule has 0 aliphatic heterocycles. The van der Waals surface area contributed by atoms with Gasteiger partial charge in [-0.2, -0.15) is 5.10 Å². The zero-order valence-corrected chi connectivity index (χ0v) is 12.8. The van der Waals surface area contributed by atoms with Crippen molar-refractivity contribution in [2.24, 2.45) is 0 Å². The highest BCUT2D eigenvalue weighted by molar-refractivity contribution is 7.89. The summed E-state index contributed by atoms with van der Waals surface area (Å²) in [5.74, 6) is 0.444. The van der Waals surface area contributed by atoms with Crippen LogP contribution < -0.4 is 4.72 Å². The van der Waals surface area contributed by atoms with Gasteiger partial charge in [0, 0.05) is 12.4 Å². The Hall–Kier alpha value is -1.37. The number of H-pyrrole nitrogens is 1. The largest absolute Gasteiger partial charge is 0.281 e. The van der Waals surface area contributed by atoms with E-state index in [1.165, 1.54) is 0 Å². The molecule has 0 saturated carbocycles. The van der Waals surface area contributed by atoms with Crippen LogP contribution in [-0.4, -0.2) is 18.6 Å². The number of hydrogen-bond acceptors (Lipinski definition) is 3. The van der Waals surface area contributed by atoms with E-state index in [1.807, 2.05) is 24.3 Å². The number of alkyl halides is 1. The Labute approximate surface area is 123 Å². The molecule has 2 N–H and O–H groups in total. The lowest BCUT2D eigenvalue weighted by Gasteiger charge is -2.07. The normalized spacial score (nSPS) is 11.8. The van der Waals surface area contributed by atoms with Crippen LogP contribution in [0.25, 0.3) is 0 Å². The van der Waals surface area contributed by atoms with E-state index < -0.39 is 10.0 Å². The first-order valence-corrected chi connectivity index (χ1v) is 8.11. The Balaban J connectivity index is 2.13. The van der Waals surface area contributed by atoms with E-state index >= 15 is 0 Å². The third-order valence-corrected chi connectivity index (χ3v) is 4.94. The van der Waals surface area contributed by atoms with Crippen LogP contribution in [0.2, 0.25) is 0 Å². The molecule has 0 saturated heterocycles. The van der Waals surface area contributed by atoms with Crippen molar-refractivity contribution in [3.8, 4) is 0 Å². The average molecular weight is 314 g/mol. The molecule has 0 aliphatic carbocycles. The lowest BCUT2D eigenvalue weighted by Crippen LogP contribution is -2.24. The molecular formula is C13H16ClN3O2S. The number of aromatic nitrogens is 2. The zero-order valence-electron chi connectivity index (χ0n) is 11.3. The molecule has 0 fully saturated rings. The molecule has 2 rings (SSSR count). The van der Waals surface area contributed by atoms with E-state index in [0.717, 1.165) is 11.1 Å². The number of nitrogens with zero attached hydrogens (tertiary/aromatic N) is 1. The van der Waals surface area contributed by atoms with Crippen molar-refractivity contribution in [1.82, 2.24) is 14.9 Å². The summed E-state index contributed by atoms with van der Waals surface area (Å²) in [5.41, 5.74) is 2.88. The Bertz CT molecular complexity index is 673. The summed E-state index contributed by atoms with van der Waals surface area (Å²) in [6.07, 6.45) is 0. The first-order chi connectivity index (χ1) is 9.44. The van der Waals surface area contributed by atoms with Gasteiger partial charge in [-0.25, -0.2) is 13.1 Å². The molecule has 0 radical (unpaired) electrons. The summed E-state index contributed by atoms with van der Waals surface area (Å²) >= 11 is 5.71. The minimum absolute atomic E-state index is 0.217. The van der Waals surface area contributed by atoms with Gasteiger partial charge in [-0.3, -0.25) is 5.10 Å². The predicted molar refractivity (Wildman–Crippen MR) is 78.1 cm³/mol. The van der Waals surface area contributed by atoms with Crippen LogP contribution in [-0.2, 0) is 22.4 Å². The number of aromatic amines is 1. The van der Waals surface area contributed by atoms with E-state index in [9.17, 15) is 8.42 Å². The van der Waals surface area contributed by atoms with E-state index in [1.54, 1.807) is 13.8 Å². The van der Waals surface area contributed by atoms with Crippen LogP contribution in [0.4, 0.5) is 0 Å². The van der Waals surface area contributed by atoms with Gasteiger partial charge in [-0.05, 0) is 25.0 Å². The molecule has 0 atom stereocenters. The van der Waals surface area contributed by atoms with Gasteiger partial charge in [0.25, 0.3) is 0 Å². The van der Waals surface area contributed by atoms with Gasteiger partial charge in [-0.1, -0.05) is 24.3 Å². The molecule has 1 heterocycles. The number of hydrogen-bond donors (Lipinski definition) is 2. The maximum Gasteiger partial charge on any atom is 0.244 e.